The van der Waals surface area contributed by atoms with Crippen molar-refractivity contribution in [2.24, 2.45) is 5.73 Å². The minimum absolute atomic E-state index is 0.115. The summed E-state index contributed by atoms with van der Waals surface area (Å²) in [5, 5.41) is 0. The Kier molecular flexibility index (Phi) is 5.86. The Labute approximate surface area is 174 Å². The molecule has 0 saturated carbocycles. The Morgan fingerprint density at radius 1 is 1.34 bits per heavy atom. The summed E-state index contributed by atoms with van der Waals surface area (Å²) in [4.78, 5) is 22.5. The van der Waals surface area contributed by atoms with Crippen LogP contribution >= 0.6 is 15.9 Å². The number of anilines is 1. The fourth-order valence-electron chi connectivity index (χ4n) is 3.51. The molecule has 1 amide bonds. The SMILES string of the molecule is CCOC(=O)N1c2ccc(C(F)(F)F)cc2[C@@H](c2ncc(Br)cn2)C[C@@]1(N)CC. The van der Waals surface area contributed by atoms with Gasteiger partial charge in [-0.05, 0) is 59.5 Å². The van der Waals surface area contributed by atoms with Gasteiger partial charge in [-0.25, -0.2) is 14.8 Å². The van der Waals surface area contributed by atoms with Gasteiger partial charge in [0.05, 0.1) is 22.3 Å². The Balaban J connectivity index is 2.23. The van der Waals surface area contributed by atoms with Crippen LogP contribution in [0.5, 0.6) is 0 Å². The summed E-state index contributed by atoms with van der Waals surface area (Å²) < 4.78 is 45.9. The Morgan fingerprint density at radius 2 is 2.00 bits per heavy atom. The van der Waals surface area contributed by atoms with Gasteiger partial charge in [0, 0.05) is 18.3 Å². The molecule has 1 aromatic heterocycles. The molecule has 1 aromatic carbocycles. The summed E-state index contributed by atoms with van der Waals surface area (Å²) in [6.45, 7) is 3.57. The molecule has 2 heterocycles. The highest BCUT2D eigenvalue weighted by molar-refractivity contribution is 9.10. The molecule has 0 fully saturated rings. The molecule has 0 saturated heterocycles. The zero-order chi connectivity index (χ0) is 21.4. The van der Waals surface area contributed by atoms with Crippen LogP contribution in [0.1, 0.15) is 49.6 Å². The number of ether oxygens (including phenoxy) is 1. The smallest absolute Gasteiger partial charge is 0.416 e. The molecule has 0 spiro atoms. The van der Waals surface area contributed by atoms with Crippen molar-refractivity contribution in [2.75, 3.05) is 11.5 Å². The van der Waals surface area contributed by atoms with E-state index >= 15 is 0 Å². The van der Waals surface area contributed by atoms with Crippen molar-refractivity contribution in [1.82, 2.24) is 9.97 Å². The third-order valence-corrected chi connectivity index (χ3v) is 5.40. The van der Waals surface area contributed by atoms with Gasteiger partial charge in [0.1, 0.15) is 11.5 Å². The van der Waals surface area contributed by atoms with Crippen LogP contribution in [-0.2, 0) is 10.9 Å². The van der Waals surface area contributed by atoms with Crippen molar-refractivity contribution >= 4 is 27.7 Å². The van der Waals surface area contributed by atoms with E-state index in [1.54, 1.807) is 13.8 Å². The van der Waals surface area contributed by atoms with Crippen molar-refractivity contribution < 1.29 is 22.7 Å². The lowest BCUT2D eigenvalue weighted by Gasteiger charge is -2.46. The fraction of sp³-hybridized carbons (Fsp3) is 0.421. The van der Waals surface area contributed by atoms with Crippen LogP contribution in [0.4, 0.5) is 23.7 Å². The van der Waals surface area contributed by atoms with Crippen LogP contribution in [-0.4, -0.2) is 28.3 Å². The van der Waals surface area contributed by atoms with Crippen molar-refractivity contribution in [2.45, 2.75) is 44.4 Å². The second kappa shape index (κ2) is 7.91. The number of nitrogens with two attached hydrogens (primary N) is 1. The molecule has 2 N–H and O–H groups in total. The molecular formula is C19H20BrF3N4O2. The van der Waals surface area contributed by atoms with E-state index in [2.05, 4.69) is 25.9 Å². The van der Waals surface area contributed by atoms with Crippen LogP contribution in [0.3, 0.4) is 0 Å². The number of hydrogen-bond acceptors (Lipinski definition) is 5. The molecular weight excluding hydrogens is 453 g/mol. The number of nitrogens with zero attached hydrogens (tertiary/aromatic N) is 3. The minimum Gasteiger partial charge on any atom is -0.449 e. The minimum atomic E-state index is -4.53. The highest BCUT2D eigenvalue weighted by atomic mass is 79.9. The number of amides is 1. The summed E-state index contributed by atoms with van der Waals surface area (Å²) in [5.74, 6) is -0.281. The largest absolute Gasteiger partial charge is 0.449 e. The molecule has 2 atom stereocenters. The third kappa shape index (κ3) is 4.09. The number of rotatable bonds is 3. The summed E-state index contributed by atoms with van der Waals surface area (Å²) in [7, 11) is 0. The molecule has 1 aliphatic rings. The van der Waals surface area contributed by atoms with E-state index in [4.69, 9.17) is 10.5 Å². The average Bonchev–Trinajstić information content (AvgIpc) is 2.67. The molecule has 0 aliphatic carbocycles. The maximum Gasteiger partial charge on any atom is 0.416 e. The first-order valence-electron chi connectivity index (χ1n) is 9.05. The number of fused-ring (bicyclic) bond motifs is 1. The fourth-order valence-corrected chi connectivity index (χ4v) is 3.72. The second-order valence-corrected chi connectivity index (χ2v) is 7.69. The topological polar surface area (TPSA) is 81.3 Å². The second-order valence-electron chi connectivity index (χ2n) is 6.78. The zero-order valence-electron chi connectivity index (χ0n) is 15.8. The Hall–Kier alpha value is -2.20. The molecule has 1 aliphatic heterocycles. The van der Waals surface area contributed by atoms with Crippen LogP contribution in [0.2, 0.25) is 0 Å². The molecule has 29 heavy (non-hydrogen) atoms. The molecule has 156 valence electrons. The molecule has 0 radical (unpaired) electrons. The third-order valence-electron chi connectivity index (χ3n) is 4.99. The quantitative estimate of drug-likeness (QED) is 0.692. The van der Waals surface area contributed by atoms with Crippen molar-refractivity contribution in [3.8, 4) is 0 Å². The van der Waals surface area contributed by atoms with Crippen LogP contribution < -0.4 is 10.6 Å². The number of benzene rings is 1. The molecule has 10 heteroatoms. The molecule has 0 bridgehead atoms. The van der Waals surface area contributed by atoms with Gasteiger partial charge in [0.15, 0.2) is 0 Å². The maximum absolute atomic E-state index is 13.4. The first-order valence-corrected chi connectivity index (χ1v) is 9.84. The lowest BCUT2D eigenvalue weighted by molar-refractivity contribution is -0.137. The van der Waals surface area contributed by atoms with Gasteiger partial charge in [0.25, 0.3) is 0 Å². The van der Waals surface area contributed by atoms with Gasteiger partial charge >= 0.3 is 12.3 Å². The number of hydrogen-bond donors (Lipinski definition) is 1. The molecule has 0 unspecified atom stereocenters. The summed E-state index contributed by atoms with van der Waals surface area (Å²) in [6, 6.07) is 3.23. The summed E-state index contributed by atoms with van der Waals surface area (Å²) in [6.07, 6.45) is -1.67. The van der Waals surface area contributed by atoms with Gasteiger partial charge in [0.2, 0.25) is 0 Å². The Bertz CT molecular complexity index is 907. The van der Waals surface area contributed by atoms with E-state index in [0.717, 1.165) is 12.1 Å². The van der Waals surface area contributed by atoms with E-state index in [1.807, 2.05) is 0 Å². The van der Waals surface area contributed by atoms with Gasteiger partial charge in [-0.1, -0.05) is 6.92 Å². The predicted octanol–water partition coefficient (Wildman–Crippen LogP) is 4.82. The van der Waals surface area contributed by atoms with Gasteiger partial charge in [-0.3, -0.25) is 4.90 Å². The van der Waals surface area contributed by atoms with E-state index < -0.39 is 29.4 Å². The highest BCUT2D eigenvalue weighted by Gasteiger charge is 2.47. The lowest BCUT2D eigenvalue weighted by Crippen LogP contribution is -2.61. The number of aromatic nitrogens is 2. The van der Waals surface area contributed by atoms with Crippen LogP contribution in [0.15, 0.2) is 35.1 Å². The Morgan fingerprint density at radius 3 is 2.55 bits per heavy atom. The standard InChI is InChI=1S/C19H20BrF3N4O2/c1-3-18(24)8-14(16-25-9-12(20)10-26-16)13-7-11(19(21,22)23)5-6-15(13)27(18)17(28)29-4-2/h5-7,9-10,14H,3-4,8,24H2,1-2H3/t14-,18+/m0/s1. The van der Waals surface area contributed by atoms with E-state index in [0.29, 0.717) is 16.7 Å². The zero-order valence-corrected chi connectivity index (χ0v) is 17.4. The normalized spacial score (nSPS) is 21.6. The van der Waals surface area contributed by atoms with E-state index in [1.165, 1.54) is 23.4 Å². The summed E-state index contributed by atoms with van der Waals surface area (Å²) in [5.41, 5.74) is 5.13. The average molecular weight is 473 g/mol. The number of halogens is 4. The summed E-state index contributed by atoms with van der Waals surface area (Å²) >= 11 is 3.25. The monoisotopic (exact) mass is 472 g/mol. The van der Waals surface area contributed by atoms with Gasteiger partial charge in [-0.2, -0.15) is 13.2 Å². The van der Waals surface area contributed by atoms with Crippen molar-refractivity contribution in [1.29, 1.82) is 0 Å². The van der Waals surface area contributed by atoms with E-state index in [9.17, 15) is 18.0 Å². The molecule has 6 nitrogen and oxygen atoms in total. The highest BCUT2D eigenvalue weighted by Crippen LogP contribution is 2.47. The van der Waals surface area contributed by atoms with Gasteiger partial charge < -0.3 is 10.5 Å². The number of carbonyl (C=O) groups excluding carboxylic acids is 1. The predicted molar refractivity (Wildman–Crippen MR) is 104 cm³/mol. The number of alkyl halides is 3. The molecule has 3 rings (SSSR count). The first kappa shape index (κ1) is 21.5. The van der Waals surface area contributed by atoms with Gasteiger partial charge in [-0.15, -0.1) is 0 Å². The van der Waals surface area contributed by atoms with E-state index in [-0.39, 0.29) is 24.3 Å². The van der Waals surface area contributed by atoms with Crippen molar-refractivity contribution in [3.05, 3.63) is 52.0 Å². The maximum atomic E-state index is 13.4. The van der Waals surface area contributed by atoms with Crippen molar-refractivity contribution in [3.63, 3.8) is 0 Å². The molecule has 2 aromatic rings. The first-order chi connectivity index (χ1) is 13.6. The van der Waals surface area contributed by atoms with Crippen LogP contribution in [0, 0.1) is 0 Å². The lowest BCUT2D eigenvalue weighted by atomic mass is 9.80. The number of carbonyl (C=O) groups is 1. The van der Waals surface area contributed by atoms with Crippen LogP contribution in [0.25, 0.3) is 0 Å².